The summed E-state index contributed by atoms with van der Waals surface area (Å²) in [7, 11) is 0. The van der Waals surface area contributed by atoms with E-state index < -0.39 is 53.5 Å². The Bertz CT molecular complexity index is 725. The summed E-state index contributed by atoms with van der Waals surface area (Å²) in [6.07, 6.45) is -15.9. The summed E-state index contributed by atoms with van der Waals surface area (Å²) in [6.45, 7) is 1.08. The van der Waals surface area contributed by atoms with Gasteiger partial charge in [-0.1, -0.05) is 0 Å². The smallest absolute Gasteiger partial charge is 0.417 e. The molecular formula is C14H10F6N2O3. The molecule has 1 fully saturated rings. The molecule has 11 heteroatoms. The number of cyclic esters (lactones) is 1. The highest BCUT2D eigenvalue weighted by atomic mass is 19.4. The van der Waals surface area contributed by atoms with Gasteiger partial charge in [0, 0.05) is 5.69 Å². The Labute approximate surface area is 137 Å². The summed E-state index contributed by atoms with van der Waals surface area (Å²) < 4.78 is 82.1. The molecule has 0 saturated carbocycles. The van der Waals surface area contributed by atoms with E-state index in [9.17, 15) is 36.2 Å². The van der Waals surface area contributed by atoms with Crippen LogP contribution >= 0.6 is 0 Å². The Morgan fingerprint density at radius 3 is 2.36 bits per heavy atom. The van der Waals surface area contributed by atoms with E-state index >= 15 is 0 Å². The predicted octanol–water partition coefficient (Wildman–Crippen LogP) is 3.21. The molecule has 1 N–H and O–H groups in total. The molecule has 25 heavy (non-hydrogen) atoms. The number of alkyl halides is 6. The molecule has 1 heterocycles. The van der Waals surface area contributed by atoms with Crippen molar-refractivity contribution in [2.45, 2.75) is 37.5 Å². The number of nitrogens with zero attached hydrogens (tertiary/aromatic N) is 2. The summed E-state index contributed by atoms with van der Waals surface area (Å²) >= 11 is 0. The zero-order valence-electron chi connectivity index (χ0n) is 12.4. The number of aliphatic hydroxyl groups excluding tert-OH is 1. The number of benzene rings is 1. The molecule has 0 aliphatic carbocycles. The number of rotatable bonds is 2. The van der Waals surface area contributed by atoms with Gasteiger partial charge in [-0.2, -0.15) is 31.6 Å². The van der Waals surface area contributed by atoms with E-state index in [-0.39, 0.29) is 0 Å². The van der Waals surface area contributed by atoms with Gasteiger partial charge < -0.3 is 9.84 Å². The minimum atomic E-state index is -5.12. The van der Waals surface area contributed by atoms with Crippen LogP contribution in [0.25, 0.3) is 0 Å². The number of halogens is 6. The van der Waals surface area contributed by atoms with Gasteiger partial charge in [0.05, 0.1) is 17.2 Å². The molecule has 1 saturated heterocycles. The molecule has 0 radical (unpaired) electrons. The van der Waals surface area contributed by atoms with E-state index in [0.717, 1.165) is 19.1 Å². The summed E-state index contributed by atoms with van der Waals surface area (Å²) in [5.41, 5.74) is -2.75. The molecule has 5 nitrogen and oxygen atoms in total. The summed E-state index contributed by atoms with van der Waals surface area (Å²) in [5.74, 6) is 0. The normalized spacial score (nSPS) is 22.5. The van der Waals surface area contributed by atoms with Crippen molar-refractivity contribution in [2.75, 3.05) is 4.90 Å². The van der Waals surface area contributed by atoms with Crippen molar-refractivity contribution < 1.29 is 41.0 Å². The highest BCUT2D eigenvalue weighted by Crippen LogP contribution is 2.38. The molecule has 0 spiro atoms. The molecule has 136 valence electrons. The van der Waals surface area contributed by atoms with Crippen LogP contribution in [0, 0.1) is 11.3 Å². The van der Waals surface area contributed by atoms with Crippen LogP contribution in [-0.2, 0) is 10.9 Å². The Morgan fingerprint density at radius 1 is 1.28 bits per heavy atom. The van der Waals surface area contributed by atoms with Gasteiger partial charge in [0.1, 0.15) is 12.1 Å². The van der Waals surface area contributed by atoms with Crippen molar-refractivity contribution in [3.05, 3.63) is 29.3 Å². The van der Waals surface area contributed by atoms with Gasteiger partial charge in [0.15, 0.2) is 6.10 Å². The first-order valence-electron chi connectivity index (χ1n) is 6.74. The molecular weight excluding hydrogens is 358 g/mol. The van der Waals surface area contributed by atoms with Crippen LogP contribution in [0.5, 0.6) is 0 Å². The highest BCUT2D eigenvalue weighted by molar-refractivity contribution is 5.91. The Balaban J connectivity index is 2.55. The summed E-state index contributed by atoms with van der Waals surface area (Å²) in [4.78, 5) is 12.1. The number of amides is 1. The third-order valence-corrected chi connectivity index (χ3v) is 3.63. The second-order valence-corrected chi connectivity index (χ2v) is 5.28. The van der Waals surface area contributed by atoms with Crippen molar-refractivity contribution in [1.82, 2.24) is 0 Å². The first-order valence-corrected chi connectivity index (χ1v) is 6.74. The van der Waals surface area contributed by atoms with E-state index in [1.165, 1.54) is 6.07 Å². The maximum atomic E-state index is 13.0. The lowest BCUT2D eigenvalue weighted by molar-refractivity contribution is -0.212. The molecule has 2 rings (SSSR count). The number of ether oxygens (including phenoxy) is 1. The van der Waals surface area contributed by atoms with Crippen molar-refractivity contribution in [2.24, 2.45) is 0 Å². The van der Waals surface area contributed by atoms with Gasteiger partial charge in [-0.05, 0) is 25.1 Å². The maximum Gasteiger partial charge on any atom is 0.417 e. The summed E-state index contributed by atoms with van der Waals surface area (Å²) in [5, 5.41) is 18.2. The minimum absolute atomic E-state index is 0.305. The highest BCUT2D eigenvalue weighted by Gasteiger charge is 2.54. The van der Waals surface area contributed by atoms with E-state index in [1.54, 1.807) is 0 Å². The number of hydrogen-bond acceptors (Lipinski definition) is 4. The fourth-order valence-electron chi connectivity index (χ4n) is 2.50. The van der Waals surface area contributed by atoms with Crippen molar-refractivity contribution in [3.8, 4) is 6.07 Å². The number of carbonyl (C=O) groups is 1. The molecule has 1 amide bonds. The average molecular weight is 368 g/mol. The minimum Gasteiger partial charge on any atom is -0.444 e. The lowest BCUT2D eigenvalue weighted by atomic mass is 10.0. The molecule has 1 aromatic carbocycles. The quantitative estimate of drug-likeness (QED) is 0.814. The Morgan fingerprint density at radius 2 is 1.88 bits per heavy atom. The standard InChI is InChI=1S/C14H10F6N2O3/c1-6-10(11(23)14(18,19)20)22(12(24)25-6)8-3-2-7(5-21)9(4-8)13(15,16)17/h2-4,6,10-11,23H,1H3/t6-,10+,11+/m0/s1. The van der Waals surface area contributed by atoms with Gasteiger partial charge in [0.2, 0.25) is 0 Å². The number of aliphatic hydroxyl groups is 1. The number of carbonyl (C=O) groups excluding carboxylic acids is 1. The van der Waals surface area contributed by atoms with E-state index in [0.29, 0.717) is 11.0 Å². The van der Waals surface area contributed by atoms with Gasteiger partial charge in [-0.15, -0.1) is 0 Å². The zero-order chi connectivity index (χ0) is 19.2. The van der Waals surface area contributed by atoms with Crippen LogP contribution in [0.15, 0.2) is 18.2 Å². The molecule has 0 bridgehead atoms. The molecule has 0 aromatic heterocycles. The van der Waals surface area contributed by atoms with Crippen molar-refractivity contribution in [3.63, 3.8) is 0 Å². The molecule has 1 aromatic rings. The van der Waals surface area contributed by atoms with E-state index in [1.807, 2.05) is 0 Å². The maximum absolute atomic E-state index is 13.0. The SMILES string of the molecule is C[C@@H]1OC(=O)N(c2ccc(C#N)c(C(F)(F)F)c2)[C@H]1[C@@H](O)C(F)(F)F. The first kappa shape index (κ1) is 18.9. The number of nitriles is 1. The van der Waals surface area contributed by atoms with E-state index in [2.05, 4.69) is 4.74 Å². The van der Waals surface area contributed by atoms with Crippen LogP contribution in [0.1, 0.15) is 18.1 Å². The van der Waals surface area contributed by atoms with Crippen LogP contribution in [0.4, 0.5) is 36.8 Å². The van der Waals surface area contributed by atoms with Crippen LogP contribution in [0.3, 0.4) is 0 Å². The molecule has 1 aliphatic heterocycles. The third kappa shape index (κ3) is 3.48. The van der Waals surface area contributed by atoms with Crippen molar-refractivity contribution in [1.29, 1.82) is 5.26 Å². The largest absolute Gasteiger partial charge is 0.444 e. The van der Waals surface area contributed by atoms with Crippen molar-refractivity contribution >= 4 is 11.8 Å². The third-order valence-electron chi connectivity index (χ3n) is 3.63. The molecule has 1 aliphatic rings. The van der Waals surface area contributed by atoms with Gasteiger partial charge in [-0.3, -0.25) is 4.90 Å². The Kier molecular flexibility index (Phi) is 4.61. The zero-order valence-corrected chi connectivity index (χ0v) is 12.4. The fraction of sp³-hybridized carbons (Fsp3) is 0.429. The topological polar surface area (TPSA) is 73.6 Å². The lowest BCUT2D eigenvalue weighted by Crippen LogP contribution is -2.51. The summed E-state index contributed by atoms with van der Waals surface area (Å²) in [6, 6.07) is 1.32. The van der Waals surface area contributed by atoms with Gasteiger partial charge >= 0.3 is 18.4 Å². The fourth-order valence-corrected chi connectivity index (χ4v) is 2.50. The Hall–Kier alpha value is -2.48. The monoisotopic (exact) mass is 368 g/mol. The van der Waals surface area contributed by atoms with Crippen LogP contribution < -0.4 is 4.90 Å². The molecule has 3 atom stereocenters. The first-order chi connectivity index (χ1) is 11.4. The predicted molar refractivity (Wildman–Crippen MR) is 70.4 cm³/mol. The van der Waals surface area contributed by atoms with Crippen LogP contribution in [-0.4, -0.2) is 35.6 Å². The lowest BCUT2D eigenvalue weighted by Gasteiger charge is -2.29. The van der Waals surface area contributed by atoms with Gasteiger partial charge in [0.25, 0.3) is 0 Å². The average Bonchev–Trinajstić information content (AvgIpc) is 2.78. The van der Waals surface area contributed by atoms with Gasteiger partial charge in [-0.25, -0.2) is 4.79 Å². The van der Waals surface area contributed by atoms with Crippen LogP contribution in [0.2, 0.25) is 0 Å². The number of hydrogen-bond donors (Lipinski definition) is 1. The number of anilines is 1. The second kappa shape index (κ2) is 6.11. The second-order valence-electron chi connectivity index (χ2n) is 5.28. The molecule has 0 unspecified atom stereocenters. The van der Waals surface area contributed by atoms with E-state index in [4.69, 9.17) is 5.26 Å².